The van der Waals surface area contributed by atoms with Crippen molar-refractivity contribution in [3.63, 3.8) is 0 Å². The van der Waals surface area contributed by atoms with Crippen molar-refractivity contribution < 1.29 is 4.42 Å². The summed E-state index contributed by atoms with van der Waals surface area (Å²) in [4.78, 5) is 0. The summed E-state index contributed by atoms with van der Waals surface area (Å²) in [5.74, 6) is 1.00. The number of aryl methyl sites for hydroxylation is 2. The van der Waals surface area contributed by atoms with Crippen LogP contribution in [-0.2, 0) is 25.9 Å². The molecular formula is C17H27N3O. The maximum absolute atomic E-state index is 5.64. The monoisotopic (exact) mass is 289 g/mol. The summed E-state index contributed by atoms with van der Waals surface area (Å²) in [6.45, 7) is 12.3. The van der Waals surface area contributed by atoms with E-state index in [1.807, 2.05) is 6.07 Å². The van der Waals surface area contributed by atoms with Gasteiger partial charge in [0.2, 0.25) is 0 Å². The van der Waals surface area contributed by atoms with Gasteiger partial charge in [-0.25, -0.2) is 0 Å². The minimum Gasteiger partial charge on any atom is -0.468 e. The predicted molar refractivity (Wildman–Crippen MR) is 85.4 cm³/mol. The highest BCUT2D eigenvalue weighted by Crippen LogP contribution is 2.16. The van der Waals surface area contributed by atoms with E-state index in [-0.39, 0.29) is 5.54 Å². The van der Waals surface area contributed by atoms with Gasteiger partial charge in [-0.2, -0.15) is 5.10 Å². The van der Waals surface area contributed by atoms with E-state index in [9.17, 15) is 0 Å². The van der Waals surface area contributed by atoms with E-state index >= 15 is 0 Å². The molecule has 2 aromatic heterocycles. The summed E-state index contributed by atoms with van der Waals surface area (Å²) in [5.41, 5.74) is 3.72. The lowest BCUT2D eigenvalue weighted by molar-refractivity contribution is 0.385. The molecule has 2 aromatic rings. The van der Waals surface area contributed by atoms with E-state index in [4.69, 9.17) is 4.42 Å². The van der Waals surface area contributed by atoms with Gasteiger partial charge in [0.15, 0.2) is 0 Å². The van der Waals surface area contributed by atoms with Crippen molar-refractivity contribution in [2.75, 3.05) is 0 Å². The highest BCUT2D eigenvalue weighted by molar-refractivity contribution is 5.20. The first-order valence-corrected chi connectivity index (χ1v) is 7.78. The zero-order valence-corrected chi connectivity index (χ0v) is 13.9. The van der Waals surface area contributed by atoms with Crippen LogP contribution in [0.3, 0.4) is 0 Å². The Balaban J connectivity index is 2.13. The first-order chi connectivity index (χ1) is 9.93. The van der Waals surface area contributed by atoms with Crippen LogP contribution in [0.15, 0.2) is 22.8 Å². The Labute approximate surface area is 127 Å². The number of aromatic nitrogens is 2. The Morgan fingerprint density at radius 2 is 2.00 bits per heavy atom. The lowest BCUT2D eigenvalue weighted by atomic mass is 10.1. The highest BCUT2D eigenvalue weighted by Gasteiger charge is 2.14. The van der Waals surface area contributed by atoms with Gasteiger partial charge in [0.25, 0.3) is 0 Å². The third kappa shape index (κ3) is 4.21. The molecule has 1 N–H and O–H groups in total. The molecule has 116 valence electrons. The van der Waals surface area contributed by atoms with Gasteiger partial charge in [-0.05, 0) is 45.7 Å². The summed E-state index contributed by atoms with van der Waals surface area (Å²) in [6.07, 6.45) is 3.75. The van der Waals surface area contributed by atoms with Gasteiger partial charge in [-0.1, -0.05) is 13.8 Å². The van der Waals surface area contributed by atoms with Crippen molar-refractivity contribution in [3.8, 4) is 0 Å². The van der Waals surface area contributed by atoms with Crippen LogP contribution < -0.4 is 5.32 Å². The van der Waals surface area contributed by atoms with Gasteiger partial charge in [0.05, 0.1) is 25.0 Å². The van der Waals surface area contributed by atoms with Crippen molar-refractivity contribution in [2.45, 2.75) is 66.1 Å². The van der Waals surface area contributed by atoms with Crippen LogP contribution in [-0.4, -0.2) is 15.3 Å². The van der Waals surface area contributed by atoms with Crippen molar-refractivity contribution in [2.24, 2.45) is 0 Å². The van der Waals surface area contributed by atoms with Crippen LogP contribution in [0.1, 0.15) is 57.3 Å². The molecule has 2 rings (SSSR count). The Hall–Kier alpha value is -1.55. The van der Waals surface area contributed by atoms with Crippen molar-refractivity contribution >= 4 is 0 Å². The largest absolute Gasteiger partial charge is 0.468 e. The molecule has 0 saturated carbocycles. The average molecular weight is 289 g/mol. The van der Waals surface area contributed by atoms with Crippen molar-refractivity contribution in [1.82, 2.24) is 15.1 Å². The minimum absolute atomic E-state index is 0.0831. The first-order valence-electron chi connectivity index (χ1n) is 7.78. The fraction of sp³-hybridized carbons (Fsp3) is 0.588. The molecule has 0 aliphatic rings. The molecule has 2 heterocycles. The second-order valence-corrected chi connectivity index (χ2v) is 6.46. The van der Waals surface area contributed by atoms with Gasteiger partial charge in [-0.15, -0.1) is 0 Å². The van der Waals surface area contributed by atoms with Crippen LogP contribution in [0, 0.1) is 0 Å². The molecule has 0 aromatic carbocycles. The molecule has 4 heteroatoms. The van der Waals surface area contributed by atoms with Crippen LogP contribution >= 0.6 is 0 Å². The normalized spacial score (nSPS) is 12.0. The summed E-state index contributed by atoms with van der Waals surface area (Å²) in [5, 5.41) is 8.15. The van der Waals surface area contributed by atoms with Gasteiger partial charge in [0.1, 0.15) is 5.76 Å². The van der Waals surface area contributed by atoms with Crippen LogP contribution in [0.25, 0.3) is 0 Å². The number of hydrogen-bond donors (Lipinski definition) is 1. The topological polar surface area (TPSA) is 43.0 Å². The number of hydrogen-bond acceptors (Lipinski definition) is 3. The Morgan fingerprint density at radius 3 is 2.62 bits per heavy atom. The SMILES string of the molecule is CCc1cc(CC)n(Cc2ccoc2CNC(C)(C)C)n1. The van der Waals surface area contributed by atoms with E-state index < -0.39 is 0 Å². The summed E-state index contributed by atoms with van der Waals surface area (Å²) >= 11 is 0. The molecule has 4 nitrogen and oxygen atoms in total. The molecular weight excluding hydrogens is 262 g/mol. The number of furan rings is 1. The van der Waals surface area contributed by atoms with E-state index in [0.29, 0.717) is 0 Å². The zero-order chi connectivity index (χ0) is 15.5. The van der Waals surface area contributed by atoms with Crippen LogP contribution in [0.5, 0.6) is 0 Å². The third-order valence-electron chi connectivity index (χ3n) is 3.58. The second-order valence-electron chi connectivity index (χ2n) is 6.46. The zero-order valence-electron chi connectivity index (χ0n) is 13.9. The molecule has 0 radical (unpaired) electrons. The molecule has 0 aliphatic heterocycles. The lowest BCUT2D eigenvalue weighted by Crippen LogP contribution is -2.35. The number of nitrogens with one attached hydrogen (secondary N) is 1. The lowest BCUT2D eigenvalue weighted by Gasteiger charge is -2.20. The number of rotatable bonds is 6. The quantitative estimate of drug-likeness (QED) is 0.884. The van der Waals surface area contributed by atoms with Gasteiger partial charge < -0.3 is 9.73 Å². The summed E-state index contributed by atoms with van der Waals surface area (Å²) in [6, 6.07) is 4.25. The third-order valence-corrected chi connectivity index (χ3v) is 3.58. The highest BCUT2D eigenvalue weighted by atomic mass is 16.3. The fourth-order valence-corrected chi connectivity index (χ4v) is 2.28. The van der Waals surface area contributed by atoms with Crippen LogP contribution in [0.2, 0.25) is 0 Å². The molecule has 21 heavy (non-hydrogen) atoms. The smallest absolute Gasteiger partial charge is 0.122 e. The van der Waals surface area contributed by atoms with Gasteiger partial charge in [0, 0.05) is 16.8 Å². The Morgan fingerprint density at radius 1 is 1.24 bits per heavy atom. The maximum atomic E-state index is 5.64. The van der Waals surface area contributed by atoms with E-state index in [2.05, 4.69) is 55.8 Å². The first kappa shape index (κ1) is 15.8. The predicted octanol–water partition coefficient (Wildman–Crippen LogP) is 3.54. The molecule has 0 amide bonds. The molecule has 0 atom stereocenters. The standard InChI is InChI=1S/C17H27N3O/c1-6-14-10-15(7-2)20(19-14)12-13-8-9-21-16(13)11-18-17(3,4)5/h8-10,18H,6-7,11-12H2,1-5H3. The van der Waals surface area contributed by atoms with Gasteiger partial charge >= 0.3 is 0 Å². The fourth-order valence-electron chi connectivity index (χ4n) is 2.28. The maximum Gasteiger partial charge on any atom is 0.122 e. The Kier molecular flexibility index (Phi) is 4.88. The molecule has 0 spiro atoms. The minimum atomic E-state index is 0.0831. The van der Waals surface area contributed by atoms with Crippen LogP contribution in [0.4, 0.5) is 0 Å². The molecule has 0 unspecified atom stereocenters. The molecule has 0 saturated heterocycles. The molecule has 0 fully saturated rings. The summed E-state index contributed by atoms with van der Waals surface area (Å²) < 4.78 is 7.74. The summed E-state index contributed by atoms with van der Waals surface area (Å²) in [7, 11) is 0. The second kappa shape index (κ2) is 6.48. The Bertz CT molecular complexity index is 575. The van der Waals surface area contributed by atoms with E-state index in [1.165, 1.54) is 11.3 Å². The van der Waals surface area contributed by atoms with E-state index in [0.717, 1.165) is 37.4 Å². The van der Waals surface area contributed by atoms with E-state index in [1.54, 1.807) is 6.26 Å². The van der Waals surface area contributed by atoms with Crippen molar-refractivity contribution in [1.29, 1.82) is 0 Å². The van der Waals surface area contributed by atoms with Crippen molar-refractivity contribution in [3.05, 3.63) is 41.1 Å². The molecule has 0 aliphatic carbocycles. The van der Waals surface area contributed by atoms with Gasteiger partial charge in [-0.3, -0.25) is 4.68 Å². The number of nitrogens with zero attached hydrogens (tertiary/aromatic N) is 2. The average Bonchev–Trinajstić information content (AvgIpc) is 3.02. The molecule has 0 bridgehead atoms.